The fraction of sp³-hybridized carbons (Fsp3) is 0.360. The molecule has 0 radical (unpaired) electrons. The number of ether oxygens (including phenoxy) is 1. The summed E-state index contributed by atoms with van der Waals surface area (Å²) in [5.41, 5.74) is -0.500. The summed E-state index contributed by atoms with van der Waals surface area (Å²) >= 11 is 0. The highest BCUT2D eigenvalue weighted by molar-refractivity contribution is 5.80. The molecule has 0 aliphatic rings. The second-order valence-electron chi connectivity index (χ2n) is 8.32. The number of benzene rings is 2. The van der Waals surface area contributed by atoms with E-state index < -0.39 is 22.9 Å². The Hall–Kier alpha value is -3.79. The lowest BCUT2D eigenvalue weighted by Gasteiger charge is -2.16. The highest BCUT2D eigenvalue weighted by Gasteiger charge is 2.21. The predicted molar refractivity (Wildman–Crippen MR) is 128 cm³/mol. The molecule has 0 spiro atoms. The zero-order chi connectivity index (χ0) is 25.1. The van der Waals surface area contributed by atoms with Gasteiger partial charge in [0, 0.05) is 12.6 Å². The van der Waals surface area contributed by atoms with Crippen LogP contribution in [0.1, 0.15) is 51.0 Å². The Morgan fingerprint density at radius 1 is 1.09 bits per heavy atom. The Balaban J connectivity index is 1.79. The Labute approximate surface area is 200 Å². The average molecular weight is 483 g/mol. The third-order valence-corrected chi connectivity index (χ3v) is 5.89. The maximum atomic E-state index is 15.2. The van der Waals surface area contributed by atoms with Crippen molar-refractivity contribution in [1.82, 2.24) is 18.9 Å². The van der Waals surface area contributed by atoms with Crippen molar-refractivity contribution in [3.8, 4) is 5.69 Å². The van der Waals surface area contributed by atoms with E-state index in [0.717, 1.165) is 22.7 Å². The molecule has 0 saturated heterocycles. The minimum absolute atomic E-state index is 0.0437. The molecular formula is C25H27FN4O5. The molecule has 184 valence electrons. The average Bonchev–Trinajstić information content (AvgIpc) is 3.15. The first kappa shape index (κ1) is 24.3. The molecule has 10 heteroatoms. The van der Waals surface area contributed by atoms with E-state index in [1.807, 2.05) is 44.2 Å². The van der Waals surface area contributed by atoms with Crippen molar-refractivity contribution in [3.05, 3.63) is 91.1 Å². The van der Waals surface area contributed by atoms with E-state index in [-0.39, 0.29) is 29.2 Å². The van der Waals surface area contributed by atoms with Crippen LogP contribution in [0.15, 0.2) is 61.3 Å². The summed E-state index contributed by atoms with van der Waals surface area (Å²) < 4.78 is 29.3. The van der Waals surface area contributed by atoms with Gasteiger partial charge in [-0.2, -0.15) is 4.68 Å². The van der Waals surface area contributed by atoms with E-state index >= 15 is 4.39 Å². The van der Waals surface area contributed by atoms with Gasteiger partial charge in [-0.05, 0) is 38.0 Å². The van der Waals surface area contributed by atoms with Gasteiger partial charge in [-0.3, -0.25) is 9.13 Å². The summed E-state index contributed by atoms with van der Waals surface area (Å²) in [4.78, 5) is 37.9. The molecule has 2 heterocycles. The zero-order valence-corrected chi connectivity index (χ0v) is 19.9. The second-order valence-corrected chi connectivity index (χ2v) is 8.32. The Bertz CT molecular complexity index is 1520. The van der Waals surface area contributed by atoms with Crippen molar-refractivity contribution in [2.24, 2.45) is 0 Å². The fourth-order valence-corrected chi connectivity index (χ4v) is 4.17. The normalized spacial score (nSPS) is 12.3. The van der Waals surface area contributed by atoms with Crippen LogP contribution in [0.5, 0.6) is 0 Å². The smallest absolute Gasteiger partial charge is 0.372 e. The van der Waals surface area contributed by atoms with Crippen LogP contribution in [0.4, 0.5) is 4.39 Å². The molecule has 35 heavy (non-hydrogen) atoms. The first-order valence-corrected chi connectivity index (χ1v) is 11.5. The maximum Gasteiger partial charge on any atom is 0.422 e. The molecule has 0 aliphatic heterocycles. The van der Waals surface area contributed by atoms with E-state index in [1.54, 1.807) is 6.92 Å². The van der Waals surface area contributed by atoms with Crippen LogP contribution >= 0.6 is 0 Å². The molecule has 4 aromatic rings. The minimum atomic E-state index is -0.933. The summed E-state index contributed by atoms with van der Waals surface area (Å²) in [7, 11) is 0. The van der Waals surface area contributed by atoms with E-state index in [1.165, 1.54) is 15.2 Å². The Morgan fingerprint density at radius 3 is 2.51 bits per heavy atom. The van der Waals surface area contributed by atoms with Gasteiger partial charge >= 0.3 is 17.1 Å². The quantitative estimate of drug-likeness (QED) is 0.362. The Kier molecular flexibility index (Phi) is 7.11. The van der Waals surface area contributed by atoms with Gasteiger partial charge in [0.25, 0.3) is 0 Å². The van der Waals surface area contributed by atoms with Gasteiger partial charge in [0.15, 0.2) is 5.82 Å². The van der Waals surface area contributed by atoms with Gasteiger partial charge in [0.1, 0.15) is 18.1 Å². The van der Waals surface area contributed by atoms with Gasteiger partial charge in [-0.25, -0.2) is 18.8 Å². The molecular weight excluding hydrogens is 455 g/mol. The van der Waals surface area contributed by atoms with E-state index in [0.29, 0.717) is 25.4 Å². The highest BCUT2D eigenvalue weighted by Crippen LogP contribution is 2.22. The van der Waals surface area contributed by atoms with Crippen molar-refractivity contribution in [2.75, 3.05) is 0 Å². The van der Waals surface area contributed by atoms with Crippen LogP contribution in [-0.2, 0) is 24.5 Å². The van der Waals surface area contributed by atoms with Crippen LogP contribution in [0.3, 0.4) is 0 Å². The molecule has 4 rings (SSSR count). The maximum absolute atomic E-state index is 15.2. The van der Waals surface area contributed by atoms with Crippen LogP contribution in [0.25, 0.3) is 16.6 Å². The first-order valence-electron chi connectivity index (χ1n) is 11.5. The van der Waals surface area contributed by atoms with Crippen LogP contribution in [0, 0.1) is 5.82 Å². The topological polar surface area (TPSA) is 101 Å². The van der Waals surface area contributed by atoms with Crippen molar-refractivity contribution in [3.63, 3.8) is 0 Å². The highest BCUT2D eigenvalue weighted by atomic mass is 19.1. The summed E-state index contributed by atoms with van der Waals surface area (Å²) in [5.74, 6) is -1.34. The third-order valence-electron chi connectivity index (χ3n) is 5.89. The van der Waals surface area contributed by atoms with Crippen molar-refractivity contribution in [2.45, 2.75) is 59.4 Å². The Morgan fingerprint density at radius 2 is 1.83 bits per heavy atom. The lowest BCUT2D eigenvalue weighted by molar-refractivity contribution is 0.0989. The van der Waals surface area contributed by atoms with Gasteiger partial charge in [0.2, 0.25) is 0 Å². The van der Waals surface area contributed by atoms with Gasteiger partial charge in [-0.15, -0.1) is 5.10 Å². The summed E-state index contributed by atoms with van der Waals surface area (Å²) in [6, 6.07) is 11.5. The first-order chi connectivity index (χ1) is 16.8. The lowest BCUT2D eigenvalue weighted by Crippen LogP contribution is -2.28. The number of rotatable bonds is 9. The molecule has 0 saturated carbocycles. The van der Waals surface area contributed by atoms with Gasteiger partial charge < -0.3 is 9.15 Å². The molecule has 9 nitrogen and oxygen atoms in total. The summed E-state index contributed by atoms with van der Waals surface area (Å²) in [6.07, 6.45) is 1.43. The van der Waals surface area contributed by atoms with Crippen LogP contribution in [0.2, 0.25) is 0 Å². The molecule has 0 N–H and O–H groups in total. The van der Waals surface area contributed by atoms with E-state index in [4.69, 9.17) is 9.15 Å². The van der Waals surface area contributed by atoms with Gasteiger partial charge in [-0.1, -0.05) is 43.7 Å². The van der Waals surface area contributed by atoms with Crippen molar-refractivity contribution < 1.29 is 13.5 Å². The molecule has 0 aliphatic carbocycles. The van der Waals surface area contributed by atoms with Crippen LogP contribution < -0.4 is 17.1 Å². The molecule has 2 aromatic carbocycles. The van der Waals surface area contributed by atoms with Crippen molar-refractivity contribution in [1.29, 1.82) is 0 Å². The molecule has 1 atom stereocenters. The molecule has 0 unspecified atom stereocenters. The van der Waals surface area contributed by atoms with Crippen LogP contribution in [-0.4, -0.2) is 18.9 Å². The number of hydrogen-bond donors (Lipinski definition) is 0. The fourth-order valence-electron chi connectivity index (χ4n) is 4.17. The number of hydrogen-bond acceptors (Lipinski definition) is 6. The van der Waals surface area contributed by atoms with Crippen molar-refractivity contribution >= 4 is 10.9 Å². The molecule has 0 fully saturated rings. The minimum Gasteiger partial charge on any atom is -0.372 e. The zero-order valence-electron chi connectivity index (χ0n) is 19.9. The summed E-state index contributed by atoms with van der Waals surface area (Å²) in [6.45, 7) is 6.23. The number of halogens is 1. The van der Waals surface area contributed by atoms with Gasteiger partial charge in [0.05, 0.1) is 17.5 Å². The third kappa shape index (κ3) is 4.74. The lowest BCUT2D eigenvalue weighted by atomic mass is 10.1. The largest absolute Gasteiger partial charge is 0.422 e. The number of nitrogens with zero attached hydrogens (tertiary/aromatic N) is 4. The monoisotopic (exact) mass is 482 g/mol. The number of aromatic nitrogens is 4. The summed E-state index contributed by atoms with van der Waals surface area (Å²) in [5, 5.41) is 4.24. The molecule has 2 aromatic heterocycles. The molecule has 0 amide bonds. The van der Waals surface area contributed by atoms with E-state index in [2.05, 4.69) is 5.10 Å². The standard InChI is InChI=1S/C25H27FN4O5/c1-4-9-16(3)29-20-13-21(19(26)12-18(20)23(31)35-25(29)33)30-24(32)28(5-2)22(27-30)15-34-14-17-10-7-6-8-11-17/h6-8,10-13,16H,4-5,9,14-15H2,1-3H3/t16-/m0/s1. The second kappa shape index (κ2) is 10.2. The predicted octanol–water partition coefficient (Wildman–Crippen LogP) is 3.54. The van der Waals surface area contributed by atoms with E-state index in [9.17, 15) is 14.4 Å². The number of fused-ring (bicyclic) bond motifs is 1. The SMILES string of the molecule is CCC[C@H](C)n1c(=O)oc(=O)c2cc(F)c(-n3nc(COCc4ccccc4)n(CC)c3=O)cc21. The molecule has 0 bridgehead atoms.